The summed E-state index contributed by atoms with van der Waals surface area (Å²) in [6.07, 6.45) is 2.64. The van der Waals surface area contributed by atoms with Crippen molar-refractivity contribution >= 4 is 33.3 Å². The molecule has 0 radical (unpaired) electrons. The topological polar surface area (TPSA) is 54.0 Å². The molecule has 20 heavy (non-hydrogen) atoms. The number of hydrogen-bond donors (Lipinski definition) is 2. The SMILES string of the molecule is Cc1cc(Br)cnc1NC(=O)c1ccc2c(c1)CCN2. The lowest BCUT2D eigenvalue weighted by atomic mass is 10.1. The number of halogens is 1. The zero-order valence-electron chi connectivity index (χ0n) is 11.0. The van der Waals surface area contributed by atoms with Crippen molar-refractivity contribution in [3.05, 3.63) is 51.6 Å². The van der Waals surface area contributed by atoms with Gasteiger partial charge in [0.15, 0.2) is 0 Å². The van der Waals surface area contributed by atoms with Gasteiger partial charge in [-0.2, -0.15) is 0 Å². The molecule has 0 aliphatic carbocycles. The van der Waals surface area contributed by atoms with Crippen LogP contribution in [0, 0.1) is 6.92 Å². The molecule has 0 unspecified atom stereocenters. The highest BCUT2D eigenvalue weighted by atomic mass is 79.9. The van der Waals surface area contributed by atoms with Gasteiger partial charge >= 0.3 is 0 Å². The predicted octanol–water partition coefficient (Wildman–Crippen LogP) is 3.37. The summed E-state index contributed by atoms with van der Waals surface area (Å²) in [4.78, 5) is 16.5. The highest BCUT2D eigenvalue weighted by Gasteiger charge is 2.14. The Bertz CT molecular complexity index is 685. The second-order valence-electron chi connectivity index (χ2n) is 4.82. The largest absolute Gasteiger partial charge is 0.384 e. The maximum absolute atomic E-state index is 12.3. The lowest BCUT2D eigenvalue weighted by molar-refractivity contribution is 0.102. The van der Waals surface area contributed by atoms with Crippen molar-refractivity contribution in [3.8, 4) is 0 Å². The zero-order chi connectivity index (χ0) is 14.1. The van der Waals surface area contributed by atoms with E-state index in [2.05, 4.69) is 31.5 Å². The smallest absolute Gasteiger partial charge is 0.256 e. The fourth-order valence-corrected chi connectivity index (χ4v) is 2.74. The average Bonchev–Trinajstić information content (AvgIpc) is 2.89. The molecule has 0 saturated carbocycles. The quantitative estimate of drug-likeness (QED) is 0.887. The standard InChI is InChI=1S/C15H14BrN3O/c1-9-6-12(16)8-18-14(9)19-15(20)11-2-3-13-10(7-11)4-5-17-13/h2-3,6-8,17H,4-5H2,1H3,(H,18,19,20). The fourth-order valence-electron chi connectivity index (χ4n) is 2.30. The van der Waals surface area contributed by atoms with Crippen LogP contribution in [-0.4, -0.2) is 17.4 Å². The summed E-state index contributed by atoms with van der Waals surface area (Å²) in [6.45, 7) is 2.85. The number of rotatable bonds is 2. The number of aryl methyl sites for hydroxylation is 1. The summed E-state index contributed by atoms with van der Waals surface area (Å²) in [7, 11) is 0. The molecule has 4 nitrogen and oxygen atoms in total. The van der Waals surface area contributed by atoms with Gasteiger partial charge in [0.25, 0.3) is 5.91 Å². The molecule has 1 aromatic carbocycles. The monoisotopic (exact) mass is 331 g/mol. The molecule has 0 spiro atoms. The summed E-state index contributed by atoms with van der Waals surface area (Å²) < 4.78 is 0.900. The van der Waals surface area contributed by atoms with Gasteiger partial charge in [0.05, 0.1) is 0 Å². The Hall–Kier alpha value is -1.88. The van der Waals surface area contributed by atoms with Crippen molar-refractivity contribution < 1.29 is 4.79 Å². The minimum Gasteiger partial charge on any atom is -0.384 e. The van der Waals surface area contributed by atoms with Crippen LogP contribution in [0.25, 0.3) is 0 Å². The summed E-state index contributed by atoms with van der Waals surface area (Å²) >= 11 is 3.36. The number of hydrogen-bond acceptors (Lipinski definition) is 3. The van der Waals surface area contributed by atoms with Crippen LogP contribution in [0.2, 0.25) is 0 Å². The molecule has 1 aliphatic heterocycles. The van der Waals surface area contributed by atoms with Crippen molar-refractivity contribution in [2.45, 2.75) is 13.3 Å². The Morgan fingerprint density at radius 3 is 3.05 bits per heavy atom. The number of nitrogens with one attached hydrogen (secondary N) is 2. The van der Waals surface area contributed by atoms with E-state index in [1.807, 2.05) is 31.2 Å². The van der Waals surface area contributed by atoms with Gasteiger partial charge in [0, 0.05) is 28.5 Å². The number of benzene rings is 1. The van der Waals surface area contributed by atoms with Crippen molar-refractivity contribution in [2.75, 3.05) is 17.2 Å². The third-order valence-electron chi connectivity index (χ3n) is 3.35. The Kier molecular flexibility index (Phi) is 3.44. The van der Waals surface area contributed by atoms with Crippen molar-refractivity contribution in [1.29, 1.82) is 0 Å². The van der Waals surface area contributed by atoms with Crippen LogP contribution < -0.4 is 10.6 Å². The van der Waals surface area contributed by atoms with Crippen molar-refractivity contribution in [1.82, 2.24) is 4.98 Å². The van der Waals surface area contributed by atoms with Crippen LogP contribution >= 0.6 is 15.9 Å². The van der Waals surface area contributed by atoms with Crippen molar-refractivity contribution in [2.24, 2.45) is 0 Å². The number of carbonyl (C=O) groups excluding carboxylic acids is 1. The summed E-state index contributed by atoms with van der Waals surface area (Å²) in [5, 5.41) is 6.14. The Morgan fingerprint density at radius 2 is 2.25 bits per heavy atom. The van der Waals surface area contributed by atoms with Crippen LogP contribution in [0.5, 0.6) is 0 Å². The van der Waals surface area contributed by atoms with Gasteiger partial charge in [-0.05, 0) is 64.7 Å². The number of nitrogens with zero attached hydrogens (tertiary/aromatic N) is 1. The zero-order valence-corrected chi connectivity index (χ0v) is 12.6. The van der Waals surface area contributed by atoms with E-state index in [1.54, 1.807) is 6.20 Å². The highest BCUT2D eigenvalue weighted by Crippen LogP contribution is 2.24. The van der Waals surface area contributed by atoms with Gasteiger partial charge < -0.3 is 10.6 Å². The van der Waals surface area contributed by atoms with Crippen LogP contribution in [0.3, 0.4) is 0 Å². The first kappa shape index (κ1) is 13.1. The van der Waals surface area contributed by atoms with E-state index in [9.17, 15) is 4.79 Å². The predicted molar refractivity (Wildman–Crippen MR) is 83.3 cm³/mol. The third-order valence-corrected chi connectivity index (χ3v) is 3.79. The molecule has 0 fully saturated rings. The van der Waals surface area contributed by atoms with Gasteiger partial charge in [-0.15, -0.1) is 0 Å². The molecular weight excluding hydrogens is 318 g/mol. The van der Waals surface area contributed by atoms with Crippen LogP contribution in [0.4, 0.5) is 11.5 Å². The normalized spacial score (nSPS) is 12.7. The first-order valence-corrected chi connectivity index (χ1v) is 7.23. The molecule has 3 rings (SSSR count). The maximum atomic E-state index is 12.3. The molecular formula is C15H14BrN3O. The first-order chi connectivity index (χ1) is 9.63. The summed E-state index contributed by atoms with van der Waals surface area (Å²) in [5.41, 5.74) is 3.91. The van der Waals surface area contributed by atoms with E-state index >= 15 is 0 Å². The average molecular weight is 332 g/mol. The molecule has 1 aliphatic rings. The summed E-state index contributed by atoms with van der Waals surface area (Å²) in [5.74, 6) is 0.467. The number of aromatic nitrogens is 1. The Balaban J connectivity index is 1.82. The lowest BCUT2D eigenvalue weighted by Crippen LogP contribution is -2.14. The number of pyridine rings is 1. The molecule has 0 atom stereocenters. The Labute approximate surface area is 125 Å². The first-order valence-electron chi connectivity index (χ1n) is 6.44. The number of anilines is 2. The minimum atomic E-state index is -0.127. The van der Waals surface area contributed by atoms with Gasteiger partial charge in [0.2, 0.25) is 0 Å². The van der Waals surface area contributed by atoms with E-state index in [4.69, 9.17) is 0 Å². The van der Waals surface area contributed by atoms with Gasteiger partial charge in [0.1, 0.15) is 5.82 Å². The van der Waals surface area contributed by atoms with E-state index in [0.29, 0.717) is 11.4 Å². The molecule has 2 N–H and O–H groups in total. The number of fused-ring (bicyclic) bond motifs is 1. The minimum absolute atomic E-state index is 0.127. The highest BCUT2D eigenvalue weighted by molar-refractivity contribution is 9.10. The number of amides is 1. The molecule has 0 bridgehead atoms. The molecule has 1 aromatic heterocycles. The molecule has 1 amide bonds. The van der Waals surface area contributed by atoms with E-state index in [1.165, 1.54) is 5.56 Å². The number of carbonyl (C=O) groups is 1. The molecule has 2 heterocycles. The Morgan fingerprint density at radius 1 is 1.40 bits per heavy atom. The molecule has 5 heteroatoms. The van der Waals surface area contributed by atoms with Gasteiger partial charge in [-0.1, -0.05) is 0 Å². The fraction of sp³-hybridized carbons (Fsp3) is 0.200. The van der Waals surface area contributed by atoms with Crippen LogP contribution in [0.1, 0.15) is 21.5 Å². The maximum Gasteiger partial charge on any atom is 0.256 e. The lowest BCUT2D eigenvalue weighted by Gasteiger charge is -2.08. The van der Waals surface area contributed by atoms with E-state index < -0.39 is 0 Å². The van der Waals surface area contributed by atoms with Gasteiger partial charge in [-0.25, -0.2) is 4.98 Å². The van der Waals surface area contributed by atoms with E-state index in [0.717, 1.165) is 28.7 Å². The molecule has 0 saturated heterocycles. The van der Waals surface area contributed by atoms with Crippen LogP contribution in [-0.2, 0) is 6.42 Å². The third kappa shape index (κ3) is 2.54. The van der Waals surface area contributed by atoms with Crippen LogP contribution in [0.15, 0.2) is 34.9 Å². The molecule has 102 valence electrons. The second kappa shape index (κ2) is 5.25. The van der Waals surface area contributed by atoms with E-state index in [-0.39, 0.29) is 5.91 Å². The van der Waals surface area contributed by atoms with Gasteiger partial charge in [-0.3, -0.25) is 4.79 Å². The van der Waals surface area contributed by atoms with Crippen molar-refractivity contribution in [3.63, 3.8) is 0 Å². The second-order valence-corrected chi connectivity index (χ2v) is 5.74. The molecule has 2 aromatic rings. The summed E-state index contributed by atoms with van der Waals surface area (Å²) in [6, 6.07) is 7.66.